The van der Waals surface area contributed by atoms with Gasteiger partial charge in [-0.1, -0.05) is 24.3 Å². The third-order valence-corrected chi connectivity index (χ3v) is 4.41. The number of rotatable bonds is 2. The van der Waals surface area contributed by atoms with Crippen LogP contribution in [0.2, 0.25) is 0 Å². The molecule has 4 nitrogen and oxygen atoms in total. The van der Waals surface area contributed by atoms with E-state index < -0.39 is 0 Å². The first-order valence-corrected chi connectivity index (χ1v) is 8.19. The van der Waals surface area contributed by atoms with Gasteiger partial charge in [-0.05, 0) is 60.0 Å². The van der Waals surface area contributed by atoms with E-state index in [1.807, 2.05) is 49.4 Å². The number of nitrogens with zero attached hydrogens (tertiary/aromatic N) is 3. The Balaban J connectivity index is 1.79. The standard InChI is InChI=1S/C22H14N4/c1-14-9-15(12-23)5-7-19(14)17-3-2-4-18(11-17)22-25-20-8-6-16(13-24)10-21(20)26-22/h2-11H,1H3,(H,25,26). The summed E-state index contributed by atoms with van der Waals surface area (Å²) >= 11 is 0. The molecule has 3 aromatic carbocycles. The Hall–Kier alpha value is -3.89. The molecule has 1 aromatic heterocycles. The highest BCUT2D eigenvalue weighted by Gasteiger charge is 2.09. The van der Waals surface area contributed by atoms with E-state index in [1.54, 1.807) is 12.1 Å². The number of fused-ring (bicyclic) bond motifs is 1. The van der Waals surface area contributed by atoms with Crippen LogP contribution in [-0.2, 0) is 0 Å². The monoisotopic (exact) mass is 334 g/mol. The fraction of sp³-hybridized carbons (Fsp3) is 0.0455. The van der Waals surface area contributed by atoms with Crippen molar-refractivity contribution in [2.75, 3.05) is 0 Å². The van der Waals surface area contributed by atoms with Crippen molar-refractivity contribution < 1.29 is 0 Å². The number of nitrogens with one attached hydrogen (secondary N) is 1. The van der Waals surface area contributed by atoms with Crippen LogP contribution in [0.4, 0.5) is 0 Å². The van der Waals surface area contributed by atoms with Gasteiger partial charge in [-0.15, -0.1) is 0 Å². The first-order chi connectivity index (χ1) is 12.7. The van der Waals surface area contributed by atoms with Crippen LogP contribution in [0.3, 0.4) is 0 Å². The molecule has 0 saturated heterocycles. The molecule has 4 aromatic rings. The molecule has 0 atom stereocenters. The fourth-order valence-corrected chi connectivity index (χ4v) is 3.10. The van der Waals surface area contributed by atoms with Gasteiger partial charge >= 0.3 is 0 Å². The summed E-state index contributed by atoms with van der Waals surface area (Å²) in [5.74, 6) is 0.767. The summed E-state index contributed by atoms with van der Waals surface area (Å²) in [5, 5.41) is 18.1. The van der Waals surface area contributed by atoms with Crippen molar-refractivity contribution in [2.45, 2.75) is 6.92 Å². The molecule has 1 N–H and O–H groups in total. The van der Waals surface area contributed by atoms with Crippen LogP contribution < -0.4 is 0 Å². The molecule has 0 radical (unpaired) electrons. The molecule has 4 rings (SSSR count). The van der Waals surface area contributed by atoms with E-state index in [9.17, 15) is 0 Å². The summed E-state index contributed by atoms with van der Waals surface area (Å²) in [5.41, 5.74) is 7.13. The molecule has 0 unspecified atom stereocenters. The lowest BCUT2D eigenvalue weighted by Crippen LogP contribution is -1.87. The molecule has 0 saturated carbocycles. The highest BCUT2D eigenvalue weighted by atomic mass is 14.9. The molecule has 26 heavy (non-hydrogen) atoms. The Morgan fingerprint density at radius 2 is 1.58 bits per heavy atom. The van der Waals surface area contributed by atoms with Gasteiger partial charge in [0, 0.05) is 5.56 Å². The van der Waals surface area contributed by atoms with E-state index in [0.29, 0.717) is 11.1 Å². The summed E-state index contributed by atoms with van der Waals surface area (Å²) < 4.78 is 0. The van der Waals surface area contributed by atoms with Crippen LogP contribution in [-0.4, -0.2) is 9.97 Å². The van der Waals surface area contributed by atoms with Crippen LogP contribution in [0.1, 0.15) is 16.7 Å². The number of nitriles is 2. The highest BCUT2D eigenvalue weighted by Crippen LogP contribution is 2.29. The molecular formula is C22H14N4. The first kappa shape index (κ1) is 15.6. The van der Waals surface area contributed by atoms with Crippen LogP contribution in [0.5, 0.6) is 0 Å². The Labute approximate surface area is 151 Å². The predicted octanol–water partition coefficient (Wildman–Crippen LogP) is 4.95. The van der Waals surface area contributed by atoms with Crippen molar-refractivity contribution in [3.05, 3.63) is 77.4 Å². The van der Waals surface area contributed by atoms with Crippen molar-refractivity contribution in [3.8, 4) is 34.7 Å². The van der Waals surface area contributed by atoms with Gasteiger partial charge in [0.05, 0.1) is 34.3 Å². The number of aryl methyl sites for hydroxylation is 1. The Morgan fingerprint density at radius 3 is 2.35 bits per heavy atom. The summed E-state index contributed by atoms with van der Waals surface area (Å²) in [6, 6.07) is 23.6. The van der Waals surface area contributed by atoms with Gasteiger partial charge in [0.1, 0.15) is 5.82 Å². The van der Waals surface area contributed by atoms with E-state index in [-0.39, 0.29) is 0 Å². The van der Waals surface area contributed by atoms with Crippen molar-refractivity contribution >= 4 is 11.0 Å². The SMILES string of the molecule is Cc1cc(C#N)ccc1-c1cccc(-c2nc3cc(C#N)ccc3[nH]2)c1. The summed E-state index contributed by atoms with van der Waals surface area (Å²) in [4.78, 5) is 7.94. The molecule has 0 aliphatic heterocycles. The van der Waals surface area contributed by atoms with Gasteiger partial charge < -0.3 is 4.98 Å². The second-order valence-electron chi connectivity index (χ2n) is 6.15. The molecule has 4 heteroatoms. The molecule has 0 aliphatic carbocycles. The number of H-pyrrole nitrogens is 1. The lowest BCUT2D eigenvalue weighted by molar-refractivity contribution is 1.33. The maximum absolute atomic E-state index is 9.04. The zero-order valence-electron chi connectivity index (χ0n) is 14.1. The minimum Gasteiger partial charge on any atom is -0.338 e. The number of imidazole rings is 1. The third kappa shape index (κ3) is 2.70. The zero-order valence-corrected chi connectivity index (χ0v) is 14.1. The second kappa shape index (κ2) is 6.20. The lowest BCUT2D eigenvalue weighted by Gasteiger charge is -2.08. The molecule has 0 fully saturated rings. The van der Waals surface area contributed by atoms with E-state index in [2.05, 4.69) is 28.2 Å². The Bertz CT molecular complexity index is 1220. The van der Waals surface area contributed by atoms with Crippen molar-refractivity contribution in [1.29, 1.82) is 10.5 Å². The van der Waals surface area contributed by atoms with Gasteiger partial charge in [0.25, 0.3) is 0 Å². The van der Waals surface area contributed by atoms with Gasteiger partial charge in [-0.25, -0.2) is 4.98 Å². The highest BCUT2D eigenvalue weighted by molar-refractivity contribution is 5.82. The molecule has 0 bridgehead atoms. The van der Waals surface area contributed by atoms with Crippen LogP contribution in [0, 0.1) is 29.6 Å². The second-order valence-corrected chi connectivity index (χ2v) is 6.15. The van der Waals surface area contributed by atoms with Crippen LogP contribution in [0.15, 0.2) is 60.7 Å². The summed E-state index contributed by atoms with van der Waals surface area (Å²) in [7, 11) is 0. The molecule has 122 valence electrons. The third-order valence-electron chi connectivity index (χ3n) is 4.41. The van der Waals surface area contributed by atoms with Crippen LogP contribution >= 0.6 is 0 Å². The van der Waals surface area contributed by atoms with Crippen LogP contribution in [0.25, 0.3) is 33.5 Å². The minimum absolute atomic E-state index is 0.595. The number of aromatic nitrogens is 2. The molecule has 0 aliphatic rings. The van der Waals surface area contributed by atoms with Gasteiger partial charge in [0.15, 0.2) is 0 Å². The number of aromatic amines is 1. The topological polar surface area (TPSA) is 76.3 Å². The average molecular weight is 334 g/mol. The maximum atomic E-state index is 9.04. The minimum atomic E-state index is 0.595. The van der Waals surface area contributed by atoms with Crippen molar-refractivity contribution in [3.63, 3.8) is 0 Å². The Kier molecular flexibility index (Phi) is 3.73. The van der Waals surface area contributed by atoms with E-state index >= 15 is 0 Å². The number of hydrogen-bond acceptors (Lipinski definition) is 3. The van der Waals surface area contributed by atoms with E-state index in [4.69, 9.17) is 10.5 Å². The molecule has 1 heterocycles. The van der Waals surface area contributed by atoms with Gasteiger partial charge in [0.2, 0.25) is 0 Å². The molecule has 0 amide bonds. The molecule has 0 spiro atoms. The normalized spacial score (nSPS) is 10.4. The predicted molar refractivity (Wildman–Crippen MR) is 101 cm³/mol. The lowest BCUT2D eigenvalue weighted by atomic mass is 9.97. The first-order valence-electron chi connectivity index (χ1n) is 8.19. The summed E-state index contributed by atoms with van der Waals surface area (Å²) in [6.45, 7) is 2.01. The van der Waals surface area contributed by atoms with Gasteiger partial charge in [-0.2, -0.15) is 10.5 Å². The number of hydrogen-bond donors (Lipinski definition) is 1. The summed E-state index contributed by atoms with van der Waals surface area (Å²) in [6.07, 6.45) is 0. The van der Waals surface area contributed by atoms with E-state index in [0.717, 1.165) is 39.1 Å². The zero-order chi connectivity index (χ0) is 18.1. The largest absolute Gasteiger partial charge is 0.338 e. The maximum Gasteiger partial charge on any atom is 0.138 e. The quantitative estimate of drug-likeness (QED) is 0.563. The van der Waals surface area contributed by atoms with E-state index in [1.165, 1.54) is 0 Å². The average Bonchev–Trinajstić information content (AvgIpc) is 3.11. The Morgan fingerprint density at radius 1 is 0.846 bits per heavy atom. The number of benzene rings is 3. The smallest absolute Gasteiger partial charge is 0.138 e. The van der Waals surface area contributed by atoms with Crippen molar-refractivity contribution in [2.24, 2.45) is 0 Å². The van der Waals surface area contributed by atoms with Crippen molar-refractivity contribution in [1.82, 2.24) is 9.97 Å². The molecular weight excluding hydrogens is 320 g/mol. The van der Waals surface area contributed by atoms with Gasteiger partial charge in [-0.3, -0.25) is 0 Å². The fourth-order valence-electron chi connectivity index (χ4n) is 3.10.